The zero-order chi connectivity index (χ0) is 16.2. The van der Waals surface area contributed by atoms with Crippen LogP contribution in [0.5, 0.6) is 0 Å². The SMILES string of the molecule is O=C(c1c(Cl)nc2ccccn12)N(CCO)Cc1ccccc1. The van der Waals surface area contributed by atoms with Crippen LogP contribution in [0.1, 0.15) is 16.1 Å². The Morgan fingerprint density at radius 3 is 2.65 bits per heavy atom. The van der Waals surface area contributed by atoms with E-state index < -0.39 is 0 Å². The normalized spacial score (nSPS) is 10.9. The highest BCUT2D eigenvalue weighted by Crippen LogP contribution is 2.20. The van der Waals surface area contributed by atoms with Gasteiger partial charge in [0, 0.05) is 19.3 Å². The number of aromatic nitrogens is 2. The Bertz CT molecular complexity index is 817. The van der Waals surface area contributed by atoms with Crippen molar-refractivity contribution < 1.29 is 9.90 Å². The number of benzene rings is 1. The molecule has 5 nitrogen and oxygen atoms in total. The molecule has 1 N–H and O–H groups in total. The monoisotopic (exact) mass is 329 g/mol. The van der Waals surface area contributed by atoms with Crippen LogP contribution in [0.25, 0.3) is 5.65 Å². The molecule has 0 fully saturated rings. The number of hydrogen-bond acceptors (Lipinski definition) is 3. The van der Waals surface area contributed by atoms with E-state index in [9.17, 15) is 9.90 Å². The average molecular weight is 330 g/mol. The van der Waals surface area contributed by atoms with Crippen molar-refractivity contribution in [2.45, 2.75) is 6.54 Å². The van der Waals surface area contributed by atoms with Crippen molar-refractivity contribution >= 4 is 23.2 Å². The van der Waals surface area contributed by atoms with Gasteiger partial charge in [-0.3, -0.25) is 9.20 Å². The lowest BCUT2D eigenvalue weighted by Gasteiger charge is -2.21. The van der Waals surface area contributed by atoms with Crippen LogP contribution in [0.2, 0.25) is 5.15 Å². The van der Waals surface area contributed by atoms with Crippen molar-refractivity contribution in [1.82, 2.24) is 14.3 Å². The van der Waals surface area contributed by atoms with E-state index in [2.05, 4.69) is 4.98 Å². The smallest absolute Gasteiger partial charge is 0.274 e. The number of nitrogens with zero attached hydrogens (tertiary/aromatic N) is 3. The van der Waals surface area contributed by atoms with E-state index in [1.807, 2.05) is 42.5 Å². The third kappa shape index (κ3) is 3.21. The predicted molar refractivity (Wildman–Crippen MR) is 88.5 cm³/mol. The number of pyridine rings is 1. The van der Waals surface area contributed by atoms with Gasteiger partial charge >= 0.3 is 0 Å². The van der Waals surface area contributed by atoms with Crippen LogP contribution in [0, 0.1) is 0 Å². The van der Waals surface area contributed by atoms with E-state index in [0.717, 1.165) is 5.56 Å². The highest BCUT2D eigenvalue weighted by atomic mass is 35.5. The second-order valence-electron chi connectivity index (χ2n) is 5.12. The van der Waals surface area contributed by atoms with Gasteiger partial charge in [0.1, 0.15) is 5.65 Å². The standard InChI is InChI=1S/C17H16ClN3O2/c18-16-15(21-9-5-4-8-14(21)19-16)17(23)20(10-11-22)12-13-6-2-1-3-7-13/h1-9,22H,10-12H2. The van der Waals surface area contributed by atoms with Crippen LogP contribution in [0.3, 0.4) is 0 Å². The molecule has 0 saturated heterocycles. The van der Waals surface area contributed by atoms with Crippen LogP contribution in [-0.4, -0.2) is 38.4 Å². The minimum atomic E-state index is -0.258. The number of carbonyl (C=O) groups excluding carboxylic acids is 1. The first kappa shape index (κ1) is 15.5. The first-order valence-electron chi connectivity index (χ1n) is 7.27. The first-order valence-corrected chi connectivity index (χ1v) is 7.65. The van der Waals surface area contributed by atoms with Gasteiger partial charge in [-0.05, 0) is 17.7 Å². The third-order valence-electron chi connectivity index (χ3n) is 3.56. The van der Waals surface area contributed by atoms with Gasteiger partial charge < -0.3 is 10.0 Å². The fourth-order valence-electron chi connectivity index (χ4n) is 2.49. The summed E-state index contributed by atoms with van der Waals surface area (Å²) >= 11 is 6.17. The lowest BCUT2D eigenvalue weighted by atomic mass is 10.2. The molecular formula is C17H16ClN3O2. The second kappa shape index (κ2) is 6.81. The van der Waals surface area contributed by atoms with Gasteiger partial charge in [0.25, 0.3) is 5.91 Å². The Morgan fingerprint density at radius 2 is 1.91 bits per heavy atom. The lowest BCUT2D eigenvalue weighted by molar-refractivity contribution is 0.0701. The van der Waals surface area contributed by atoms with Crippen LogP contribution in [-0.2, 0) is 6.54 Å². The van der Waals surface area contributed by atoms with Gasteiger partial charge in [-0.2, -0.15) is 0 Å². The van der Waals surface area contributed by atoms with Gasteiger partial charge in [0.05, 0.1) is 6.61 Å². The van der Waals surface area contributed by atoms with E-state index in [-0.39, 0.29) is 24.2 Å². The zero-order valence-corrected chi connectivity index (χ0v) is 13.1. The summed E-state index contributed by atoms with van der Waals surface area (Å²) in [6.07, 6.45) is 1.75. The number of carbonyl (C=O) groups is 1. The highest BCUT2D eigenvalue weighted by molar-refractivity contribution is 6.32. The molecule has 2 aromatic heterocycles. The molecule has 2 heterocycles. The molecule has 1 aromatic carbocycles. The maximum Gasteiger partial charge on any atom is 0.274 e. The second-order valence-corrected chi connectivity index (χ2v) is 5.47. The van der Waals surface area contributed by atoms with E-state index >= 15 is 0 Å². The molecule has 0 unspecified atom stereocenters. The number of hydrogen-bond donors (Lipinski definition) is 1. The van der Waals surface area contributed by atoms with Crippen LogP contribution in [0.15, 0.2) is 54.7 Å². The van der Waals surface area contributed by atoms with Crippen LogP contribution >= 0.6 is 11.6 Å². The van der Waals surface area contributed by atoms with E-state index in [1.165, 1.54) is 0 Å². The van der Waals surface area contributed by atoms with Crippen LogP contribution in [0.4, 0.5) is 0 Å². The summed E-state index contributed by atoms with van der Waals surface area (Å²) in [5.41, 5.74) is 1.91. The van der Waals surface area contributed by atoms with E-state index in [1.54, 1.807) is 21.6 Å². The summed E-state index contributed by atoms with van der Waals surface area (Å²) in [6.45, 7) is 0.508. The predicted octanol–water partition coefficient (Wildman–Crippen LogP) is 2.62. The van der Waals surface area contributed by atoms with E-state index in [4.69, 9.17) is 11.6 Å². The van der Waals surface area contributed by atoms with Gasteiger partial charge in [-0.15, -0.1) is 0 Å². The molecule has 3 rings (SSSR count). The molecular weight excluding hydrogens is 314 g/mol. The van der Waals surface area contributed by atoms with E-state index in [0.29, 0.717) is 17.9 Å². The summed E-state index contributed by atoms with van der Waals surface area (Å²) < 4.78 is 1.67. The fraction of sp³-hybridized carbons (Fsp3) is 0.176. The minimum Gasteiger partial charge on any atom is -0.395 e. The summed E-state index contributed by atoms with van der Waals surface area (Å²) in [5.74, 6) is -0.258. The maximum atomic E-state index is 12.9. The van der Waals surface area contributed by atoms with Crippen molar-refractivity contribution in [3.63, 3.8) is 0 Å². The molecule has 0 saturated carbocycles. The van der Waals surface area contributed by atoms with Crippen molar-refractivity contribution in [2.75, 3.05) is 13.2 Å². The minimum absolute atomic E-state index is 0.118. The molecule has 0 aliphatic rings. The number of aliphatic hydroxyl groups is 1. The molecule has 0 aliphatic heterocycles. The Balaban J connectivity index is 1.95. The highest BCUT2D eigenvalue weighted by Gasteiger charge is 2.23. The van der Waals surface area contributed by atoms with Gasteiger partial charge in [-0.25, -0.2) is 4.98 Å². The van der Waals surface area contributed by atoms with Gasteiger partial charge in [0.15, 0.2) is 10.8 Å². The lowest BCUT2D eigenvalue weighted by Crippen LogP contribution is -2.34. The number of fused-ring (bicyclic) bond motifs is 1. The molecule has 0 atom stereocenters. The van der Waals surface area contributed by atoms with Gasteiger partial charge in [0.2, 0.25) is 0 Å². The van der Waals surface area contributed by atoms with Crippen molar-refractivity contribution in [3.8, 4) is 0 Å². The molecule has 0 radical (unpaired) electrons. The number of halogens is 1. The molecule has 3 aromatic rings. The Kier molecular flexibility index (Phi) is 4.60. The molecule has 0 spiro atoms. The topological polar surface area (TPSA) is 57.8 Å². The Hall–Kier alpha value is -2.37. The number of amides is 1. The quantitative estimate of drug-likeness (QED) is 0.783. The largest absolute Gasteiger partial charge is 0.395 e. The average Bonchev–Trinajstić information content (AvgIpc) is 2.90. The summed E-state index contributed by atoms with van der Waals surface area (Å²) in [7, 11) is 0. The Labute approximate surface area is 138 Å². The molecule has 0 aliphatic carbocycles. The summed E-state index contributed by atoms with van der Waals surface area (Å²) in [5, 5.41) is 9.46. The first-order chi connectivity index (χ1) is 11.2. The van der Waals surface area contributed by atoms with Crippen molar-refractivity contribution in [1.29, 1.82) is 0 Å². The Morgan fingerprint density at radius 1 is 1.17 bits per heavy atom. The summed E-state index contributed by atoms with van der Waals surface area (Å²) in [4.78, 5) is 18.7. The van der Waals surface area contributed by atoms with Crippen molar-refractivity contribution in [2.24, 2.45) is 0 Å². The number of rotatable bonds is 5. The molecule has 0 bridgehead atoms. The zero-order valence-electron chi connectivity index (χ0n) is 12.4. The van der Waals surface area contributed by atoms with Crippen molar-refractivity contribution in [3.05, 3.63) is 71.1 Å². The third-order valence-corrected chi connectivity index (χ3v) is 3.83. The number of imidazole rings is 1. The molecule has 6 heteroatoms. The molecule has 1 amide bonds. The molecule has 23 heavy (non-hydrogen) atoms. The molecule has 118 valence electrons. The number of aliphatic hydroxyl groups excluding tert-OH is 1. The van der Waals surface area contributed by atoms with Gasteiger partial charge in [-0.1, -0.05) is 48.0 Å². The van der Waals surface area contributed by atoms with Crippen LogP contribution < -0.4 is 0 Å². The summed E-state index contributed by atoms with van der Waals surface area (Å²) in [6, 6.07) is 15.1. The maximum absolute atomic E-state index is 12.9. The fourth-order valence-corrected chi connectivity index (χ4v) is 2.74.